The molecule has 0 fully saturated rings. The smallest absolute Gasteiger partial charge is 0.0626 e. The average Bonchev–Trinajstić information content (AvgIpc) is 2.42. The van der Waals surface area contributed by atoms with E-state index in [1.807, 2.05) is 12.3 Å². The van der Waals surface area contributed by atoms with Gasteiger partial charge in [-0.3, -0.25) is 4.98 Å². The fourth-order valence-corrected chi connectivity index (χ4v) is 2.37. The van der Waals surface area contributed by atoms with Crippen molar-refractivity contribution in [3.05, 3.63) is 53.9 Å². The lowest BCUT2D eigenvalue weighted by atomic mass is 10.1. The summed E-state index contributed by atoms with van der Waals surface area (Å²) in [7, 11) is 0. The average molecular weight is 276 g/mol. The molecule has 4 heteroatoms. The molecule has 1 aromatic carbocycles. The van der Waals surface area contributed by atoms with Crippen LogP contribution in [0, 0.1) is 6.92 Å². The maximum absolute atomic E-state index is 4.48. The second-order valence-electron chi connectivity index (χ2n) is 4.63. The number of aromatic nitrogens is 1. The van der Waals surface area contributed by atoms with E-state index in [2.05, 4.69) is 52.5 Å². The van der Waals surface area contributed by atoms with Crippen LogP contribution in [0.4, 0.5) is 11.4 Å². The van der Waals surface area contributed by atoms with Gasteiger partial charge in [-0.15, -0.1) is 12.4 Å². The van der Waals surface area contributed by atoms with Gasteiger partial charge in [0.05, 0.1) is 23.6 Å². The third-order valence-corrected chi connectivity index (χ3v) is 3.40. The Morgan fingerprint density at radius 1 is 1.21 bits per heavy atom. The van der Waals surface area contributed by atoms with E-state index in [0.29, 0.717) is 0 Å². The number of halogens is 1. The number of fused-ring (bicyclic) bond motifs is 1. The number of aryl methyl sites for hydroxylation is 1. The van der Waals surface area contributed by atoms with Crippen LogP contribution in [0.15, 0.2) is 42.6 Å². The summed E-state index contributed by atoms with van der Waals surface area (Å²) < 4.78 is 0. The zero-order valence-corrected chi connectivity index (χ0v) is 11.8. The molecule has 0 amide bonds. The Morgan fingerprint density at radius 2 is 2.05 bits per heavy atom. The molecule has 0 spiro atoms. The molecule has 2 heterocycles. The van der Waals surface area contributed by atoms with Gasteiger partial charge in [-0.25, -0.2) is 0 Å². The van der Waals surface area contributed by atoms with Crippen LogP contribution < -0.4 is 10.2 Å². The van der Waals surface area contributed by atoms with E-state index < -0.39 is 0 Å². The number of para-hydroxylation sites is 2. The Morgan fingerprint density at radius 3 is 2.89 bits per heavy atom. The van der Waals surface area contributed by atoms with Crippen molar-refractivity contribution < 1.29 is 0 Å². The maximum atomic E-state index is 4.48. The van der Waals surface area contributed by atoms with Gasteiger partial charge in [-0.2, -0.15) is 0 Å². The van der Waals surface area contributed by atoms with Crippen LogP contribution in [0.1, 0.15) is 11.3 Å². The second kappa shape index (κ2) is 5.93. The fourth-order valence-electron chi connectivity index (χ4n) is 2.37. The van der Waals surface area contributed by atoms with Crippen LogP contribution in [-0.2, 0) is 6.54 Å². The maximum Gasteiger partial charge on any atom is 0.0626 e. The highest BCUT2D eigenvalue weighted by atomic mass is 35.5. The zero-order valence-electron chi connectivity index (χ0n) is 11.0. The quantitative estimate of drug-likeness (QED) is 0.912. The molecule has 1 aliphatic rings. The minimum absolute atomic E-state index is 0. The van der Waals surface area contributed by atoms with Crippen LogP contribution >= 0.6 is 12.4 Å². The standard InChI is InChI=1S/C15H17N3.ClH/c1-12-5-4-8-16-14(12)11-18-10-9-17-13-6-2-3-7-15(13)18;/h2-8,17H,9-11H2,1H3;1H. The molecule has 0 unspecified atom stereocenters. The van der Waals surface area contributed by atoms with Crippen molar-refractivity contribution in [2.24, 2.45) is 0 Å². The van der Waals surface area contributed by atoms with Crippen molar-refractivity contribution in [2.75, 3.05) is 23.3 Å². The summed E-state index contributed by atoms with van der Waals surface area (Å²) >= 11 is 0. The summed E-state index contributed by atoms with van der Waals surface area (Å²) in [6.45, 7) is 5.01. The van der Waals surface area contributed by atoms with E-state index in [1.54, 1.807) is 0 Å². The van der Waals surface area contributed by atoms with Crippen LogP contribution in [0.25, 0.3) is 0 Å². The lowest BCUT2D eigenvalue weighted by Crippen LogP contribution is -2.33. The first-order valence-corrected chi connectivity index (χ1v) is 6.33. The van der Waals surface area contributed by atoms with Gasteiger partial charge in [-0.05, 0) is 30.7 Å². The molecule has 1 N–H and O–H groups in total. The Bertz CT molecular complexity index is 557. The highest BCUT2D eigenvalue weighted by Crippen LogP contribution is 2.29. The second-order valence-corrected chi connectivity index (χ2v) is 4.63. The Hall–Kier alpha value is -1.74. The summed E-state index contributed by atoms with van der Waals surface area (Å²) in [6, 6.07) is 12.6. The van der Waals surface area contributed by atoms with Crippen LogP contribution in [0.5, 0.6) is 0 Å². The number of anilines is 2. The number of nitrogens with zero attached hydrogens (tertiary/aromatic N) is 2. The van der Waals surface area contributed by atoms with Crippen molar-refractivity contribution in [3.63, 3.8) is 0 Å². The lowest BCUT2D eigenvalue weighted by Gasteiger charge is -2.32. The Labute approximate surface area is 120 Å². The molecule has 1 aromatic heterocycles. The number of hydrogen-bond donors (Lipinski definition) is 1. The molecule has 19 heavy (non-hydrogen) atoms. The van der Waals surface area contributed by atoms with E-state index >= 15 is 0 Å². The van der Waals surface area contributed by atoms with Crippen molar-refractivity contribution >= 4 is 23.8 Å². The molecule has 0 radical (unpaired) electrons. The predicted molar refractivity (Wildman–Crippen MR) is 82.2 cm³/mol. The highest BCUT2D eigenvalue weighted by Gasteiger charge is 2.16. The molecule has 0 saturated heterocycles. The predicted octanol–water partition coefficient (Wildman–Crippen LogP) is 3.24. The van der Waals surface area contributed by atoms with Gasteiger partial charge in [0.2, 0.25) is 0 Å². The van der Waals surface area contributed by atoms with Crippen molar-refractivity contribution in [1.29, 1.82) is 0 Å². The van der Waals surface area contributed by atoms with Gasteiger partial charge >= 0.3 is 0 Å². The number of hydrogen-bond acceptors (Lipinski definition) is 3. The topological polar surface area (TPSA) is 28.2 Å². The van der Waals surface area contributed by atoms with Gasteiger partial charge in [0.25, 0.3) is 0 Å². The zero-order chi connectivity index (χ0) is 12.4. The minimum atomic E-state index is 0. The lowest BCUT2D eigenvalue weighted by molar-refractivity contribution is 0.767. The van der Waals surface area contributed by atoms with E-state index in [1.165, 1.54) is 16.9 Å². The Balaban J connectivity index is 0.00000133. The molecule has 100 valence electrons. The molecule has 0 bridgehead atoms. The molecular formula is C15H18ClN3. The first-order valence-electron chi connectivity index (χ1n) is 6.33. The monoisotopic (exact) mass is 275 g/mol. The molecule has 0 aliphatic carbocycles. The molecule has 3 rings (SSSR count). The van der Waals surface area contributed by atoms with Gasteiger partial charge in [0.1, 0.15) is 0 Å². The molecule has 3 nitrogen and oxygen atoms in total. The Kier molecular flexibility index (Phi) is 4.27. The summed E-state index contributed by atoms with van der Waals surface area (Å²) in [5.41, 5.74) is 4.91. The highest BCUT2D eigenvalue weighted by molar-refractivity contribution is 5.85. The summed E-state index contributed by atoms with van der Waals surface area (Å²) in [5, 5.41) is 3.43. The minimum Gasteiger partial charge on any atom is -0.382 e. The van der Waals surface area contributed by atoms with Crippen LogP contribution in [0.2, 0.25) is 0 Å². The van der Waals surface area contributed by atoms with Gasteiger partial charge in [0.15, 0.2) is 0 Å². The fraction of sp³-hybridized carbons (Fsp3) is 0.267. The van der Waals surface area contributed by atoms with E-state index in [4.69, 9.17) is 0 Å². The number of pyridine rings is 1. The first kappa shape index (κ1) is 13.7. The van der Waals surface area contributed by atoms with Crippen molar-refractivity contribution in [2.45, 2.75) is 13.5 Å². The third-order valence-electron chi connectivity index (χ3n) is 3.40. The van der Waals surface area contributed by atoms with Gasteiger partial charge in [-0.1, -0.05) is 18.2 Å². The van der Waals surface area contributed by atoms with Crippen molar-refractivity contribution in [3.8, 4) is 0 Å². The molecule has 0 atom stereocenters. The van der Waals surface area contributed by atoms with Gasteiger partial charge < -0.3 is 10.2 Å². The first-order chi connectivity index (χ1) is 8.84. The number of benzene rings is 1. The summed E-state index contributed by atoms with van der Waals surface area (Å²) in [6.07, 6.45) is 1.87. The van der Waals surface area contributed by atoms with Crippen LogP contribution in [-0.4, -0.2) is 18.1 Å². The molecular weight excluding hydrogens is 258 g/mol. The van der Waals surface area contributed by atoms with Crippen molar-refractivity contribution in [1.82, 2.24) is 4.98 Å². The largest absolute Gasteiger partial charge is 0.382 e. The number of rotatable bonds is 2. The van der Waals surface area contributed by atoms with E-state index in [-0.39, 0.29) is 12.4 Å². The molecule has 0 saturated carbocycles. The number of nitrogens with one attached hydrogen (secondary N) is 1. The SMILES string of the molecule is Cc1cccnc1CN1CCNc2ccccc21.Cl. The van der Waals surface area contributed by atoms with E-state index in [0.717, 1.165) is 25.3 Å². The molecule has 2 aromatic rings. The molecule has 1 aliphatic heterocycles. The third kappa shape index (κ3) is 2.82. The van der Waals surface area contributed by atoms with E-state index in [9.17, 15) is 0 Å². The normalized spacial score (nSPS) is 13.2. The summed E-state index contributed by atoms with van der Waals surface area (Å²) in [4.78, 5) is 6.87. The van der Waals surface area contributed by atoms with Crippen LogP contribution in [0.3, 0.4) is 0 Å². The van der Waals surface area contributed by atoms with Gasteiger partial charge in [0, 0.05) is 19.3 Å². The summed E-state index contributed by atoms with van der Waals surface area (Å²) in [5.74, 6) is 0.